The number of anilines is 1. The van der Waals surface area contributed by atoms with Crippen molar-refractivity contribution in [2.75, 3.05) is 12.4 Å². The summed E-state index contributed by atoms with van der Waals surface area (Å²) < 4.78 is 0. The van der Waals surface area contributed by atoms with Crippen LogP contribution >= 0.6 is 0 Å². The first kappa shape index (κ1) is 15.9. The summed E-state index contributed by atoms with van der Waals surface area (Å²) in [5, 5.41) is 12.2. The zero-order valence-corrected chi connectivity index (χ0v) is 13.2. The smallest absolute Gasteiger partial charge is 0.321 e. The fourth-order valence-electron chi connectivity index (χ4n) is 2.24. The van der Waals surface area contributed by atoms with Gasteiger partial charge in [0.15, 0.2) is 0 Å². The van der Waals surface area contributed by atoms with E-state index in [2.05, 4.69) is 5.32 Å². The Balaban J connectivity index is 1.95. The lowest BCUT2D eigenvalue weighted by Gasteiger charge is -2.25. The van der Waals surface area contributed by atoms with Crippen LogP contribution in [-0.2, 0) is 6.42 Å². The summed E-state index contributed by atoms with van der Waals surface area (Å²) in [5.41, 5.74) is 2.99. The number of phenolic OH excluding ortho intramolecular Hbond substituents is 1. The number of nitrogens with one attached hydrogen (secondary N) is 1. The zero-order valence-electron chi connectivity index (χ0n) is 13.2. The lowest BCUT2D eigenvalue weighted by molar-refractivity contribution is 0.207. The number of likely N-dealkylation sites (N-methyl/N-ethyl adjacent to an activating group) is 1. The van der Waals surface area contributed by atoms with Gasteiger partial charge in [-0.1, -0.05) is 24.3 Å². The zero-order chi connectivity index (χ0) is 16.1. The molecule has 4 heteroatoms. The van der Waals surface area contributed by atoms with Gasteiger partial charge < -0.3 is 15.3 Å². The van der Waals surface area contributed by atoms with Crippen LogP contribution in [0.3, 0.4) is 0 Å². The molecule has 0 saturated heterocycles. The fraction of sp³-hybridized carbons (Fsp3) is 0.278. The molecule has 0 aliphatic heterocycles. The monoisotopic (exact) mass is 298 g/mol. The summed E-state index contributed by atoms with van der Waals surface area (Å²) in [4.78, 5) is 14.0. The molecule has 0 aliphatic rings. The second-order valence-corrected chi connectivity index (χ2v) is 5.63. The summed E-state index contributed by atoms with van der Waals surface area (Å²) in [5.74, 6) is 0.252. The fourth-order valence-corrected chi connectivity index (χ4v) is 2.24. The molecule has 2 aromatic rings. The topological polar surface area (TPSA) is 52.6 Å². The molecule has 4 nitrogen and oxygen atoms in total. The van der Waals surface area contributed by atoms with E-state index in [1.807, 2.05) is 50.2 Å². The molecule has 0 spiro atoms. The van der Waals surface area contributed by atoms with Crippen molar-refractivity contribution >= 4 is 11.7 Å². The number of aromatic hydroxyl groups is 1. The van der Waals surface area contributed by atoms with Crippen molar-refractivity contribution in [3.05, 3.63) is 59.7 Å². The molecule has 0 saturated carbocycles. The molecule has 0 unspecified atom stereocenters. The highest BCUT2D eigenvalue weighted by atomic mass is 16.3. The third-order valence-electron chi connectivity index (χ3n) is 3.72. The van der Waals surface area contributed by atoms with Gasteiger partial charge in [-0.05, 0) is 55.7 Å². The SMILES string of the molecule is Cc1cccc(NC(=O)N(C)[C@H](C)Cc2ccc(O)cc2)c1. The van der Waals surface area contributed by atoms with Crippen LogP contribution in [0.2, 0.25) is 0 Å². The van der Waals surface area contributed by atoms with Gasteiger partial charge in [0.1, 0.15) is 5.75 Å². The molecule has 0 aromatic heterocycles. The first-order valence-corrected chi connectivity index (χ1v) is 7.34. The molecule has 1 atom stereocenters. The molecule has 0 bridgehead atoms. The Bertz CT molecular complexity index is 638. The van der Waals surface area contributed by atoms with Crippen LogP contribution in [0.25, 0.3) is 0 Å². The predicted molar refractivity (Wildman–Crippen MR) is 89.2 cm³/mol. The van der Waals surface area contributed by atoms with Crippen LogP contribution in [0.4, 0.5) is 10.5 Å². The maximum absolute atomic E-state index is 12.3. The van der Waals surface area contributed by atoms with Gasteiger partial charge in [-0.25, -0.2) is 4.79 Å². The molecule has 2 N–H and O–H groups in total. The summed E-state index contributed by atoms with van der Waals surface area (Å²) in [7, 11) is 1.79. The molecular weight excluding hydrogens is 276 g/mol. The highest BCUT2D eigenvalue weighted by Gasteiger charge is 2.16. The number of aryl methyl sites for hydroxylation is 1. The first-order chi connectivity index (χ1) is 10.5. The van der Waals surface area contributed by atoms with E-state index in [0.717, 1.165) is 23.2 Å². The van der Waals surface area contributed by atoms with Crippen LogP contribution in [0.1, 0.15) is 18.1 Å². The van der Waals surface area contributed by atoms with Gasteiger partial charge in [-0.3, -0.25) is 0 Å². The maximum Gasteiger partial charge on any atom is 0.321 e. The van der Waals surface area contributed by atoms with Crippen molar-refractivity contribution in [3.63, 3.8) is 0 Å². The number of benzene rings is 2. The molecule has 0 radical (unpaired) electrons. The van der Waals surface area contributed by atoms with E-state index < -0.39 is 0 Å². The number of phenols is 1. The molecule has 22 heavy (non-hydrogen) atoms. The molecular formula is C18H22N2O2. The van der Waals surface area contributed by atoms with E-state index in [0.29, 0.717) is 0 Å². The molecule has 0 aliphatic carbocycles. The Morgan fingerprint density at radius 1 is 1.23 bits per heavy atom. The third kappa shape index (κ3) is 4.25. The molecule has 2 rings (SSSR count). The van der Waals surface area contributed by atoms with Crippen LogP contribution in [0.5, 0.6) is 5.75 Å². The van der Waals surface area contributed by atoms with Crippen molar-refractivity contribution < 1.29 is 9.90 Å². The maximum atomic E-state index is 12.3. The van der Waals surface area contributed by atoms with E-state index in [1.54, 1.807) is 24.1 Å². The quantitative estimate of drug-likeness (QED) is 0.902. The minimum absolute atomic E-state index is 0.0503. The molecule has 0 heterocycles. The Morgan fingerprint density at radius 3 is 2.55 bits per heavy atom. The van der Waals surface area contributed by atoms with Crippen molar-refractivity contribution in [1.82, 2.24) is 4.90 Å². The van der Waals surface area contributed by atoms with Gasteiger partial charge in [-0.15, -0.1) is 0 Å². The molecule has 2 aromatic carbocycles. The van der Waals surface area contributed by atoms with Gasteiger partial charge in [-0.2, -0.15) is 0 Å². The normalized spacial score (nSPS) is 11.8. The predicted octanol–water partition coefficient (Wildman–Crippen LogP) is 3.80. The molecule has 2 amide bonds. The van der Waals surface area contributed by atoms with Crippen LogP contribution in [0, 0.1) is 6.92 Å². The van der Waals surface area contributed by atoms with E-state index in [-0.39, 0.29) is 17.8 Å². The van der Waals surface area contributed by atoms with Crippen molar-refractivity contribution in [1.29, 1.82) is 0 Å². The summed E-state index contributed by atoms with van der Waals surface area (Å²) >= 11 is 0. The number of hydrogen-bond acceptors (Lipinski definition) is 2. The van der Waals surface area contributed by atoms with Gasteiger partial charge in [0.25, 0.3) is 0 Å². The number of nitrogens with zero attached hydrogens (tertiary/aromatic N) is 1. The Labute approximate surface area is 131 Å². The van der Waals surface area contributed by atoms with Gasteiger partial charge >= 0.3 is 6.03 Å². The first-order valence-electron chi connectivity index (χ1n) is 7.34. The van der Waals surface area contributed by atoms with Gasteiger partial charge in [0, 0.05) is 18.8 Å². The Hall–Kier alpha value is -2.49. The van der Waals surface area contributed by atoms with Crippen LogP contribution in [0.15, 0.2) is 48.5 Å². The lowest BCUT2D eigenvalue weighted by Crippen LogP contribution is -2.39. The van der Waals surface area contributed by atoms with Crippen molar-refractivity contribution in [3.8, 4) is 5.75 Å². The second-order valence-electron chi connectivity index (χ2n) is 5.63. The minimum atomic E-state index is -0.128. The number of urea groups is 1. The number of carbonyl (C=O) groups excluding carboxylic acids is 1. The van der Waals surface area contributed by atoms with E-state index in [9.17, 15) is 9.90 Å². The van der Waals surface area contributed by atoms with Crippen LogP contribution < -0.4 is 5.32 Å². The van der Waals surface area contributed by atoms with Gasteiger partial charge in [0.05, 0.1) is 0 Å². The highest BCUT2D eigenvalue weighted by molar-refractivity contribution is 5.89. The van der Waals surface area contributed by atoms with Crippen LogP contribution in [-0.4, -0.2) is 29.1 Å². The average Bonchev–Trinajstić information content (AvgIpc) is 2.48. The van der Waals surface area contributed by atoms with Crippen molar-refractivity contribution in [2.45, 2.75) is 26.3 Å². The molecule has 116 valence electrons. The van der Waals surface area contributed by atoms with Crippen molar-refractivity contribution in [2.24, 2.45) is 0 Å². The standard InChI is InChI=1S/C18H22N2O2/c1-13-5-4-6-16(11-13)19-18(22)20(3)14(2)12-15-7-9-17(21)10-8-15/h4-11,14,21H,12H2,1-3H3,(H,19,22)/t14-/m1/s1. The van der Waals surface area contributed by atoms with E-state index in [1.165, 1.54) is 0 Å². The average molecular weight is 298 g/mol. The summed E-state index contributed by atoms with van der Waals surface area (Å²) in [6.07, 6.45) is 0.734. The van der Waals surface area contributed by atoms with E-state index >= 15 is 0 Å². The lowest BCUT2D eigenvalue weighted by atomic mass is 10.1. The number of amides is 2. The van der Waals surface area contributed by atoms with E-state index in [4.69, 9.17) is 0 Å². The summed E-state index contributed by atoms with van der Waals surface area (Å²) in [6.45, 7) is 4.00. The largest absolute Gasteiger partial charge is 0.508 e. The highest BCUT2D eigenvalue weighted by Crippen LogP contribution is 2.14. The minimum Gasteiger partial charge on any atom is -0.508 e. The third-order valence-corrected chi connectivity index (χ3v) is 3.72. The number of hydrogen-bond donors (Lipinski definition) is 2. The number of rotatable bonds is 4. The second kappa shape index (κ2) is 6.98. The van der Waals surface area contributed by atoms with Gasteiger partial charge in [0.2, 0.25) is 0 Å². The number of carbonyl (C=O) groups is 1. The Morgan fingerprint density at radius 2 is 1.91 bits per heavy atom. The summed E-state index contributed by atoms with van der Waals surface area (Å²) in [6, 6.07) is 14.7. The Kier molecular flexibility index (Phi) is 5.04. The molecule has 0 fully saturated rings.